The van der Waals surface area contributed by atoms with E-state index in [1.165, 1.54) is 6.92 Å². The molecule has 2 aromatic rings. The summed E-state index contributed by atoms with van der Waals surface area (Å²) in [6.45, 7) is 7.22. The van der Waals surface area contributed by atoms with Crippen LogP contribution in [-0.4, -0.2) is 38.7 Å². The highest BCUT2D eigenvalue weighted by molar-refractivity contribution is 5.87. The molecule has 3 heterocycles. The summed E-state index contributed by atoms with van der Waals surface area (Å²) in [5.41, 5.74) is 2.12. The molecule has 2 aromatic heterocycles. The number of carbonyl (C=O) groups excluding carboxylic acids is 1. The summed E-state index contributed by atoms with van der Waals surface area (Å²) in [5, 5.41) is 7.11. The first kappa shape index (κ1) is 14.5. The summed E-state index contributed by atoms with van der Waals surface area (Å²) in [5.74, 6) is 1.26. The molecule has 7 heteroatoms. The number of nitrogens with one attached hydrogen (secondary N) is 1. The lowest BCUT2D eigenvalue weighted by molar-refractivity contribution is -0.114. The van der Waals surface area contributed by atoms with Gasteiger partial charge in [0.05, 0.1) is 6.04 Å². The van der Waals surface area contributed by atoms with E-state index in [0.717, 1.165) is 36.7 Å². The lowest BCUT2D eigenvalue weighted by Crippen LogP contribution is -2.23. The van der Waals surface area contributed by atoms with Crippen LogP contribution in [0.1, 0.15) is 30.6 Å². The van der Waals surface area contributed by atoms with Gasteiger partial charge in [-0.25, -0.2) is 9.97 Å². The van der Waals surface area contributed by atoms with E-state index >= 15 is 0 Å². The van der Waals surface area contributed by atoms with Gasteiger partial charge >= 0.3 is 0 Å². The van der Waals surface area contributed by atoms with E-state index in [-0.39, 0.29) is 11.9 Å². The van der Waals surface area contributed by atoms with Crippen molar-refractivity contribution in [2.75, 3.05) is 23.3 Å². The van der Waals surface area contributed by atoms with Crippen molar-refractivity contribution in [2.45, 2.75) is 33.2 Å². The molecular weight excluding hydrogens is 280 g/mol. The third kappa shape index (κ3) is 2.93. The molecule has 0 saturated carbocycles. The topological polar surface area (TPSA) is 75.9 Å². The maximum absolute atomic E-state index is 11.1. The van der Waals surface area contributed by atoms with Crippen LogP contribution in [0.5, 0.6) is 0 Å². The highest BCUT2D eigenvalue weighted by atomic mass is 16.1. The van der Waals surface area contributed by atoms with Gasteiger partial charge in [-0.3, -0.25) is 9.48 Å². The van der Waals surface area contributed by atoms with E-state index in [2.05, 4.69) is 25.3 Å². The monoisotopic (exact) mass is 300 g/mol. The molecule has 0 radical (unpaired) electrons. The number of hydrogen-bond donors (Lipinski definition) is 1. The van der Waals surface area contributed by atoms with Gasteiger partial charge in [-0.1, -0.05) is 0 Å². The van der Waals surface area contributed by atoms with E-state index in [4.69, 9.17) is 0 Å². The summed E-state index contributed by atoms with van der Waals surface area (Å²) >= 11 is 0. The van der Waals surface area contributed by atoms with Gasteiger partial charge in [-0.05, 0) is 25.8 Å². The maximum atomic E-state index is 11.1. The average Bonchev–Trinajstić information content (AvgIpc) is 3.10. The van der Waals surface area contributed by atoms with Gasteiger partial charge < -0.3 is 10.2 Å². The van der Waals surface area contributed by atoms with Crippen molar-refractivity contribution in [3.05, 3.63) is 29.7 Å². The van der Waals surface area contributed by atoms with Crippen molar-refractivity contribution >= 4 is 17.7 Å². The molecule has 1 atom stereocenters. The van der Waals surface area contributed by atoms with Crippen LogP contribution in [0.3, 0.4) is 0 Å². The van der Waals surface area contributed by atoms with E-state index in [1.54, 1.807) is 0 Å². The standard InChI is InChI=1S/C15H20N6O/c1-10-8-16-15(17-11(10)2)20-6-4-13(9-20)21-7-5-14(19-21)18-12(3)22/h5,7-8,13H,4,6,9H2,1-3H3,(H,18,19,22). The minimum Gasteiger partial charge on any atom is -0.339 e. The van der Waals surface area contributed by atoms with Crippen LogP contribution in [0.2, 0.25) is 0 Å². The largest absolute Gasteiger partial charge is 0.339 e. The smallest absolute Gasteiger partial charge is 0.225 e. The Morgan fingerprint density at radius 2 is 2.23 bits per heavy atom. The van der Waals surface area contributed by atoms with Crippen molar-refractivity contribution < 1.29 is 4.79 Å². The molecule has 22 heavy (non-hydrogen) atoms. The molecule has 1 aliphatic rings. The average molecular weight is 300 g/mol. The Balaban J connectivity index is 1.70. The number of nitrogens with zero attached hydrogens (tertiary/aromatic N) is 5. The molecule has 0 aromatic carbocycles. The Hall–Kier alpha value is -2.44. The zero-order valence-electron chi connectivity index (χ0n) is 13.1. The number of aryl methyl sites for hydroxylation is 2. The van der Waals surface area contributed by atoms with Crippen molar-refractivity contribution in [3.8, 4) is 0 Å². The summed E-state index contributed by atoms with van der Waals surface area (Å²) in [7, 11) is 0. The highest BCUT2D eigenvalue weighted by Gasteiger charge is 2.26. The molecule has 0 bridgehead atoms. The second-order valence-electron chi connectivity index (χ2n) is 5.69. The van der Waals surface area contributed by atoms with Gasteiger partial charge in [0.1, 0.15) is 0 Å². The fourth-order valence-corrected chi connectivity index (χ4v) is 2.60. The first-order valence-electron chi connectivity index (χ1n) is 7.41. The molecule has 1 amide bonds. The summed E-state index contributed by atoms with van der Waals surface area (Å²) < 4.78 is 1.91. The van der Waals surface area contributed by atoms with E-state index in [9.17, 15) is 4.79 Å². The molecular formula is C15H20N6O. The summed E-state index contributed by atoms with van der Waals surface area (Å²) in [6, 6.07) is 2.09. The third-order valence-corrected chi connectivity index (χ3v) is 3.94. The van der Waals surface area contributed by atoms with Crippen molar-refractivity contribution in [3.63, 3.8) is 0 Å². The van der Waals surface area contributed by atoms with Gasteiger partial charge in [0.25, 0.3) is 0 Å². The SMILES string of the molecule is CC(=O)Nc1ccn(C2CCN(c3ncc(C)c(C)n3)C2)n1. The quantitative estimate of drug-likeness (QED) is 0.933. The molecule has 1 unspecified atom stereocenters. The lowest BCUT2D eigenvalue weighted by atomic mass is 10.3. The Kier molecular flexibility index (Phi) is 3.79. The second kappa shape index (κ2) is 5.75. The van der Waals surface area contributed by atoms with Gasteiger partial charge in [-0.2, -0.15) is 5.10 Å². The molecule has 1 saturated heterocycles. The van der Waals surface area contributed by atoms with E-state index < -0.39 is 0 Å². The normalized spacial score (nSPS) is 17.8. The van der Waals surface area contributed by atoms with Crippen molar-refractivity contribution in [1.82, 2.24) is 19.7 Å². The van der Waals surface area contributed by atoms with Crippen LogP contribution in [0, 0.1) is 13.8 Å². The molecule has 0 spiro atoms. The molecule has 1 N–H and O–H groups in total. The molecule has 1 aliphatic heterocycles. The summed E-state index contributed by atoms with van der Waals surface area (Å²) in [6.07, 6.45) is 4.76. The Morgan fingerprint density at radius 1 is 1.41 bits per heavy atom. The van der Waals surface area contributed by atoms with Crippen LogP contribution >= 0.6 is 0 Å². The minimum atomic E-state index is -0.109. The number of carbonyl (C=O) groups is 1. The van der Waals surface area contributed by atoms with Crippen molar-refractivity contribution in [1.29, 1.82) is 0 Å². The fourth-order valence-electron chi connectivity index (χ4n) is 2.60. The molecule has 0 aliphatic carbocycles. The van der Waals surface area contributed by atoms with Crippen LogP contribution in [0.15, 0.2) is 18.5 Å². The zero-order valence-corrected chi connectivity index (χ0v) is 13.1. The maximum Gasteiger partial charge on any atom is 0.225 e. The number of hydrogen-bond acceptors (Lipinski definition) is 5. The third-order valence-electron chi connectivity index (χ3n) is 3.94. The number of aromatic nitrogens is 4. The van der Waals surface area contributed by atoms with E-state index in [0.29, 0.717) is 5.82 Å². The van der Waals surface area contributed by atoms with Gasteiger partial charge in [-0.15, -0.1) is 0 Å². The van der Waals surface area contributed by atoms with Crippen LogP contribution in [-0.2, 0) is 4.79 Å². The highest BCUT2D eigenvalue weighted by Crippen LogP contribution is 2.25. The second-order valence-corrected chi connectivity index (χ2v) is 5.69. The number of anilines is 2. The Labute approximate surface area is 129 Å². The minimum absolute atomic E-state index is 0.109. The van der Waals surface area contributed by atoms with Crippen LogP contribution < -0.4 is 10.2 Å². The Bertz CT molecular complexity index is 695. The zero-order chi connectivity index (χ0) is 15.7. The van der Waals surface area contributed by atoms with Crippen LogP contribution in [0.4, 0.5) is 11.8 Å². The summed E-state index contributed by atoms with van der Waals surface area (Å²) in [4.78, 5) is 22.2. The van der Waals surface area contributed by atoms with Gasteiger partial charge in [0.15, 0.2) is 5.82 Å². The Morgan fingerprint density at radius 3 is 2.95 bits per heavy atom. The molecule has 7 nitrogen and oxygen atoms in total. The first-order valence-corrected chi connectivity index (χ1v) is 7.41. The van der Waals surface area contributed by atoms with Crippen molar-refractivity contribution in [2.24, 2.45) is 0 Å². The first-order chi connectivity index (χ1) is 10.5. The molecule has 116 valence electrons. The molecule has 1 fully saturated rings. The van der Waals surface area contributed by atoms with E-state index in [1.807, 2.05) is 37.0 Å². The fraction of sp³-hybridized carbons (Fsp3) is 0.467. The number of amides is 1. The van der Waals surface area contributed by atoms with Crippen LogP contribution in [0.25, 0.3) is 0 Å². The lowest BCUT2D eigenvalue weighted by Gasteiger charge is -2.17. The predicted octanol–water partition coefficient (Wildman–Crippen LogP) is 1.70. The molecule has 3 rings (SSSR count). The van der Waals surface area contributed by atoms with Gasteiger partial charge in [0, 0.05) is 44.2 Å². The van der Waals surface area contributed by atoms with Gasteiger partial charge in [0.2, 0.25) is 11.9 Å². The number of rotatable bonds is 3. The predicted molar refractivity (Wildman–Crippen MR) is 83.9 cm³/mol.